The maximum Gasteiger partial charge on any atom is 0.256 e. The molecule has 2 unspecified atom stereocenters. The highest BCUT2D eigenvalue weighted by atomic mass is 19.1. The van der Waals surface area contributed by atoms with Crippen molar-refractivity contribution in [2.45, 2.75) is 19.9 Å². The van der Waals surface area contributed by atoms with E-state index in [-0.39, 0.29) is 23.4 Å². The van der Waals surface area contributed by atoms with Crippen molar-refractivity contribution in [1.82, 2.24) is 4.90 Å². The first-order chi connectivity index (χ1) is 7.99. The van der Waals surface area contributed by atoms with Crippen LogP contribution in [0.15, 0.2) is 18.2 Å². The minimum absolute atomic E-state index is 0.00698. The number of rotatable bonds is 1. The molecule has 4 heteroatoms. The van der Waals surface area contributed by atoms with Crippen molar-refractivity contribution in [3.63, 3.8) is 0 Å². The van der Waals surface area contributed by atoms with Gasteiger partial charge in [-0.3, -0.25) is 4.79 Å². The number of hydrogen-bond donors (Lipinski definition) is 1. The summed E-state index contributed by atoms with van der Waals surface area (Å²) < 4.78 is 13.7. The summed E-state index contributed by atoms with van der Waals surface area (Å²) in [5, 5.41) is 0. The Balaban J connectivity index is 2.20. The van der Waals surface area contributed by atoms with Gasteiger partial charge in [0.1, 0.15) is 5.82 Å². The Morgan fingerprint density at radius 1 is 1.47 bits per heavy atom. The first-order valence-electron chi connectivity index (χ1n) is 5.80. The summed E-state index contributed by atoms with van der Waals surface area (Å²) in [6.07, 6.45) is 0. The Labute approximate surface area is 100 Å². The molecule has 2 rings (SSSR count). The van der Waals surface area contributed by atoms with Gasteiger partial charge in [-0.15, -0.1) is 0 Å². The highest BCUT2D eigenvalue weighted by Crippen LogP contribution is 2.19. The average Bonchev–Trinajstić information content (AvgIpc) is 2.58. The van der Waals surface area contributed by atoms with Gasteiger partial charge in [-0.25, -0.2) is 4.39 Å². The summed E-state index contributed by atoms with van der Waals surface area (Å²) in [4.78, 5) is 13.7. The highest BCUT2D eigenvalue weighted by molar-refractivity contribution is 5.94. The number of amides is 1. The minimum Gasteiger partial charge on any atom is -0.337 e. The number of nitrogens with zero attached hydrogens (tertiary/aromatic N) is 1. The van der Waals surface area contributed by atoms with Crippen LogP contribution in [-0.2, 0) is 0 Å². The molecule has 0 saturated carbocycles. The summed E-state index contributed by atoms with van der Waals surface area (Å²) in [5.74, 6) is -0.446. The fourth-order valence-electron chi connectivity index (χ4n) is 2.12. The number of nitrogens with two attached hydrogens (primary N) is 1. The van der Waals surface area contributed by atoms with Gasteiger partial charge in [0, 0.05) is 19.1 Å². The van der Waals surface area contributed by atoms with E-state index in [1.54, 1.807) is 24.0 Å². The smallest absolute Gasteiger partial charge is 0.256 e. The Morgan fingerprint density at radius 2 is 2.18 bits per heavy atom. The summed E-state index contributed by atoms with van der Waals surface area (Å²) in [6.45, 7) is 4.91. The zero-order valence-electron chi connectivity index (χ0n) is 10.1. The first kappa shape index (κ1) is 12.0. The molecule has 0 bridgehead atoms. The van der Waals surface area contributed by atoms with Crippen molar-refractivity contribution in [3.05, 3.63) is 35.1 Å². The quantitative estimate of drug-likeness (QED) is 0.804. The van der Waals surface area contributed by atoms with Crippen LogP contribution in [0.25, 0.3) is 0 Å². The van der Waals surface area contributed by atoms with Crippen molar-refractivity contribution in [2.24, 2.45) is 11.7 Å². The third-order valence-electron chi connectivity index (χ3n) is 3.31. The molecule has 0 spiro atoms. The van der Waals surface area contributed by atoms with Gasteiger partial charge in [-0.2, -0.15) is 0 Å². The van der Waals surface area contributed by atoms with Crippen LogP contribution in [0, 0.1) is 18.7 Å². The molecule has 1 heterocycles. The molecule has 2 atom stereocenters. The standard InChI is InChI=1S/C13H17FN2O/c1-8-3-4-10(11(14)5-8)13(17)16-6-9(2)12(15)7-16/h3-5,9,12H,6-7,15H2,1-2H3. The van der Waals surface area contributed by atoms with E-state index in [0.717, 1.165) is 5.56 Å². The van der Waals surface area contributed by atoms with Gasteiger partial charge < -0.3 is 10.6 Å². The van der Waals surface area contributed by atoms with Crippen LogP contribution in [0.1, 0.15) is 22.8 Å². The number of hydrogen-bond acceptors (Lipinski definition) is 2. The van der Waals surface area contributed by atoms with Gasteiger partial charge in [0.15, 0.2) is 0 Å². The van der Waals surface area contributed by atoms with Crippen LogP contribution in [-0.4, -0.2) is 29.9 Å². The van der Waals surface area contributed by atoms with Gasteiger partial charge in [-0.05, 0) is 30.5 Å². The van der Waals surface area contributed by atoms with Crippen LogP contribution in [0.4, 0.5) is 4.39 Å². The lowest BCUT2D eigenvalue weighted by atomic mass is 10.1. The molecular formula is C13H17FN2O. The fourth-order valence-corrected chi connectivity index (χ4v) is 2.12. The molecule has 0 aliphatic carbocycles. The van der Waals surface area contributed by atoms with Crippen LogP contribution >= 0.6 is 0 Å². The Bertz CT molecular complexity index is 437. The third-order valence-corrected chi connectivity index (χ3v) is 3.31. The molecule has 17 heavy (non-hydrogen) atoms. The molecule has 0 aromatic heterocycles. The van der Waals surface area contributed by atoms with Gasteiger partial charge in [0.2, 0.25) is 0 Å². The molecule has 92 valence electrons. The van der Waals surface area contributed by atoms with Gasteiger partial charge in [-0.1, -0.05) is 13.0 Å². The van der Waals surface area contributed by atoms with Crippen molar-refractivity contribution >= 4 is 5.91 Å². The van der Waals surface area contributed by atoms with Gasteiger partial charge >= 0.3 is 0 Å². The van der Waals surface area contributed by atoms with Crippen LogP contribution < -0.4 is 5.73 Å². The lowest BCUT2D eigenvalue weighted by molar-refractivity contribution is 0.0782. The van der Waals surface area contributed by atoms with E-state index in [1.165, 1.54) is 6.07 Å². The minimum atomic E-state index is -0.455. The molecule has 1 aromatic carbocycles. The van der Waals surface area contributed by atoms with Crippen molar-refractivity contribution < 1.29 is 9.18 Å². The molecule has 3 nitrogen and oxygen atoms in total. The topological polar surface area (TPSA) is 46.3 Å². The van der Waals surface area contributed by atoms with E-state index in [0.29, 0.717) is 13.1 Å². The molecule has 0 radical (unpaired) electrons. The highest BCUT2D eigenvalue weighted by Gasteiger charge is 2.31. The first-order valence-corrected chi connectivity index (χ1v) is 5.80. The normalized spacial score (nSPS) is 24.1. The van der Waals surface area contributed by atoms with E-state index in [9.17, 15) is 9.18 Å². The second kappa shape index (κ2) is 4.45. The second-order valence-corrected chi connectivity index (χ2v) is 4.83. The summed E-state index contributed by atoms with van der Waals surface area (Å²) in [5.41, 5.74) is 6.81. The number of likely N-dealkylation sites (tertiary alicyclic amines) is 1. The molecule has 2 N–H and O–H groups in total. The summed E-state index contributed by atoms with van der Waals surface area (Å²) in [6, 6.07) is 4.66. The lowest BCUT2D eigenvalue weighted by Crippen LogP contribution is -2.32. The number of aryl methyl sites for hydroxylation is 1. The van der Waals surface area contributed by atoms with E-state index in [1.807, 2.05) is 6.92 Å². The monoisotopic (exact) mass is 236 g/mol. The Hall–Kier alpha value is -1.42. The summed E-state index contributed by atoms with van der Waals surface area (Å²) >= 11 is 0. The Morgan fingerprint density at radius 3 is 2.71 bits per heavy atom. The molecule has 1 aliphatic rings. The third kappa shape index (κ3) is 2.31. The SMILES string of the molecule is Cc1ccc(C(=O)N2CC(C)C(N)C2)c(F)c1. The van der Waals surface area contributed by atoms with Crippen LogP contribution in [0.3, 0.4) is 0 Å². The Kier molecular flexibility index (Phi) is 3.15. The molecular weight excluding hydrogens is 219 g/mol. The maximum atomic E-state index is 13.7. The number of benzene rings is 1. The van der Waals surface area contributed by atoms with Crippen LogP contribution in [0.5, 0.6) is 0 Å². The van der Waals surface area contributed by atoms with Crippen LogP contribution in [0.2, 0.25) is 0 Å². The van der Waals surface area contributed by atoms with Crippen molar-refractivity contribution in [1.29, 1.82) is 0 Å². The summed E-state index contributed by atoms with van der Waals surface area (Å²) in [7, 11) is 0. The van der Waals surface area contributed by atoms with Crippen molar-refractivity contribution in [2.75, 3.05) is 13.1 Å². The molecule has 1 amide bonds. The zero-order chi connectivity index (χ0) is 12.6. The van der Waals surface area contributed by atoms with E-state index in [4.69, 9.17) is 5.73 Å². The number of carbonyl (C=O) groups excluding carboxylic acids is 1. The average molecular weight is 236 g/mol. The van der Waals surface area contributed by atoms with E-state index >= 15 is 0 Å². The fraction of sp³-hybridized carbons (Fsp3) is 0.462. The number of carbonyl (C=O) groups is 1. The predicted octanol–water partition coefficient (Wildman–Crippen LogP) is 1.55. The number of halogens is 1. The largest absolute Gasteiger partial charge is 0.337 e. The van der Waals surface area contributed by atoms with E-state index < -0.39 is 5.82 Å². The van der Waals surface area contributed by atoms with Gasteiger partial charge in [0.05, 0.1) is 5.56 Å². The van der Waals surface area contributed by atoms with Crippen molar-refractivity contribution in [3.8, 4) is 0 Å². The molecule has 1 fully saturated rings. The molecule has 1 aliphatic heterocycles. The second-order valence-electron chi connectivity index (χ2n) is 4.83. The maximum absolute atomic E-state index is 13.7. The molecule has 1 aromatic rings. The van der Waals surface area contributed by atoms with Gasteiger partial charge in [0.25, 0.3) is 5.91 Å². The van der Waals surface area contributed by atoms with E-state index in [2.05, 4.69) is 0 Å². The predicted molar refractivity (Wildman–Crippen MR) is 64.2 cm³/mol. The lowest BCUT2D eigenvalue weighted by Gasteiger charge is -2.16. The molecule has 1 saturated heterocycles. The zero-order valence-corrected chi connectivity index (χ0v) is 10.1.